The fourth-order valence-corrected chi connectivity index (χ4v) is 13.6. The average molecular weight is 975 g/mol. The van der Waals surface area contributed by atoms with E-state index in [0.717, 1.165) is 93.0 Å². The number of hydrogen-bond donors (Lipinski definition) is 3. The van der Waals surface area contributed by atoms with E-state index in [1.165, 1.54) is 17.7 Å². The van der Waals surface area contributed by atoms with E-state index in [2.05, 4.69) is 65.7 Å². The van der Waals surface area contributed by atoms with Gasteiger partial charge < -0.3 is 34.6 Å². The quantitative estimate of drug-likeness (QED) is 0.0979. The van der Waals surface area contributed by atoms with E-state index in [-0.39, 0.29) is 30.2 Å². The number of piperidine rings is 2. The number of halogens is 3. The Morgan fingerprint density at radius 1 is 0.923 bits per heavy atom. The second-order valence-electron chi connectivity index (χ2n) is 17.7. The standard InChI is InChI=1S/C47H55BrF2N9O5P/c1-3-29-22-38(53-47-51-26-34(48)44(55-47)52-37-8-4-5-9-41(37)65(63)20-6-7-21-65)40(64-2)25-39(29)57-14-12-31(13-15-57)56-16-18-58(19-17-56)46(62)30-27-59(28-30)32-23-35(49)43(36(50)24-32)33-10-11-42(60)54-45(33)61/h4-5,8-9,22-26,30-31,33H,3,6-7,10-21,27-28H2,1-2H3,(H,54,60,61)(H2,51,52,53,55). The second kappa shape index (κ2) is 19.0. The zero-order valence-electron chi connectivity index (χ0n) is 36.8. The lowest BCUT2D eigenvalue weighted by Gasteiger charge is -2.46. The van der Waals surface area contributed by atoms with Crippen LogP contribution in [0.5, 0.6) is 5.75 Å². The van der Waals surface area contributed by atoms with Gasteiger partial charge in [0.25, 0.3) is 0 Å². The smallest absolute Gasteiger partial charge is 0.234 e. The number of amides is 3. The van der Waals surface area contributed by atoms with Crippen LogP contribution in [-0.4, -0.2) is 115 Å². The van der Waals surface area contributed by atoms with Crippen LogP contribution in [0.4, 0.5) is 43.3 Å². The molecular formula is C47H55BrF2N9O5P. The van der Waals surface area contributed by atoms with Crippen molar-refractivity contribution < 1.29 is 32.5 Å². The number of anilines is 6. The molecule has 14 nitrogen and oxygen atoms in total. The molecule has 4 aromatic rings. The number of hydrogen-bond acceptors (Lipinski definition) is 12. The summed E-state index contributed by atoms with van der Waals surface area (Å²) in [6.07, 6.45) is 8.03. The lowest BCUT2D eigenvalue weighted by molar-refractivity contribution is -0.138. The summed E-state index contributed by atoms with van der Waals surface area (Å²) in [5.74, 6) is -2.36. The van der Waals surface area contributed by atoms with E-state index in [0.29, 0.717) is 59.9 Å². The molecular weight excluding hydrogens is 919 g/mol. The lowest BCUT2D eigenvalue weighted by atomic mass is 9.89. The maximum atomic E-state index is 15.2. The number of aryl methyl sites for hydroxylation is 1. The SMILES string of the molecule is CCc1cc(Nc2ncc(Br)c(Nc3ccccc3P3(=O)CCCC3)n2)c(OC)cc1N1CCC(N2CCN(C(=O)C3CN(c4cc(F)c(C5CCC(=O)NC5=O)c(F)c4)C3)CC2)CC1. The molecule has 1 unspecified atom stereocenters. The third-order valence-corrected chi connectivity index (χ3v) is 17.8. The number of imide groups is 1. The fraction of sp³-hybridized carbons (Fsp3) is 0.468. The summed E-state index contributed by atoms with van der Waals surface area (Å²) in [6, 6.07) is 14.9. The van der Waals surface area contributed by atoms with E-state index < -0.39 is 36.5 Å². The molecule has 5 aliphatic rings. The van der Waals surface area contributed by atoms with Crippen LogP contribution >= 0.6 is 23.1 Å². The third-order valence-electron chi connectivity index (χ3n) is 13.9. The van der Waals surface area contributed by atoms with Crippen molar-refractivity contribution in [1.29, 1.82) is 0 Å². The highest BCUT2D eigenvalue weighted by Crippen LogP contribution is 2.52. The molecule has 6 heterocycles. The molecule has 18 heteroatoms. The molecule has 0 saturated carbocycles. The summed E-state index contributed by atoms with van der Waals surface area (Å²) in [6.45, 7) is 7.53. The van der Waals surface area contributed by atoms with Gasteiger partial charge in [-0.2, -0.15) is 4.98 Å². The largest absolute Gasteiger partial charge is 0.494 e. The van der Waals surface area contributed by atoms with Gasteiger partial charge in [-0.25, -0.2) is 13.8 Å². The Balaban J connectivity index is 0.773. The van der Waals surface area contributed by atoms with Crippen molar-refractivity contribution in [2.75, 3.05) is 92.2 Å². The van der Waals surface area contributed by atoms with Crippen LogP contribution in [0.15, 0.2) is 59.2 Å². The van der Waals surface area contributed by atoms with Gasteiger partial charge >= 0.3 is 0 Å². The first-order valence-corrected chi connectivity index (χ1v) is 25.6. The minimum atomic E-state index is -2.45. The van der Waals surface area contributed by atoms with Crippen LogP contribution in [-0.2, 0) is 25.4 Å². The molecule has 3 amide bonds. The van der Waals surface area contributed by atoms with Gasteiger partial charge in [0.15, 0.2) is 0 Å². The molecule has 3 N–H and O–H groups in total. The summed E-state index contributed by atoms with van der Waals surface area (Å²) in [5.41, 5.74) is 3.90. The monoisotopic (exact) mass is 973 g/mol. The topological polar surface area (TPSA) is 152 Å². The second-order valence-corrected chi connectivity index (χ2v) is 21.8. The zero-order chi connectivity index (χ0) is 45.4. The maximum Gasteiger partial charge on any atom is 0.234 e. The Kier molecular flexibility index (Phi) is 13.2. The molecule has 0 radical (unpaired) electrons. The van der Waals surface area contributed by atoms with E-state index in [9.17, 15) is 18.9 Å². The number of aromatic nitrogens is 2. The van der Waals surface area contributed by atoms with Crippen LogP contribution in [0.2, 0.25) is 0 Å². The van der Waals surface area contributed by atoms with E-state index >= 15 is 8.78 Å². The molecule has 5 fully saturated rings. The Morgan fingerprint density at radius 3 is 2.31 bits per heavy atom. The number of para-hydroxylation sites is 1. The van der Waals surface area contributed by atoms with Crippen LogP contribution in [0.1, 0.15) is 62.5 Å². The maximum absolute atomic E-state index is 15.2. The number of piperazine rings is 1. The van der Waals surface area contributed by atoms with E-state index in [4.69, 9.17) is 9.72 Å². The summed E-state index contributed by atoms with van der Waals surface area (Å²) >= 11 is 3.61. The highest BCUT2D eigenvalue weighted by Gasteiger charge is 2.39. The Morgan fingerprint density at radius 2 is 1.63 bits per heavy atom. The Labute approximate surface area is 386 Å². The molecule has 65 heavy (non-hydrogen) atoms. The van der Waals surface area contributed by atoms with Gasteiger partial charge in [0, 0.05) is 112 Å². The molecule has 0 aliphatic carbocycles. The predicted octanol–water partition coefficient (Wildman–Crippen LogP) is 7.13. The number of benzene rings is 3. The van der Waals surface area contributed by atoms with Gasteiger partial charge in [0.05, 0.1) is 34.8 Å². The van der Waals surface area contributed by atoms with Crippen LogP contribution in [0.3, 0.4) is 0 Å². The first kappa shape index (κ1) is 45.1. The first-order valence-electron chi connectivity index (χ1n) is 22.7. The van der Waals surface area contributed by atoms with Gasteiger partial charge in [-0.1, -0.05) is 19.1 Å². The zero-order valence-corrected chi connectivity index (χ0v) is 39.2. The molecule has 344 valence electrons. The number of nitrogens with zero attached hydrogens (tertiary/aromatic N) is 6. The first-order chi connectivity index (χ1) is 31.4. The van der Waals surface area contributed by atoms with Crippen molar-refractivity contribution >= 4 is 80.6 Å². The van der Waals surface area contributed by atoms with Crippen LogP contribution in [0, 0.1) is 17.6 Å². The number of rotatable bonds is 12. The molecule has 1 aromatic heterocycles. The minimum Gasteiger partial charge on any atom is -0.494 e. The Hall–Kier alpha value is -5.12. The van der Waals surface area contributed by atoms with Crippen molar-refractivity contribution in [3.8, 4) is 5.75 Å². The highest BCUT2D eigenvalue weighted by molar-refractivity contribution is 9.10. The van der Waals surface area contributed by atoms with E-state index in [1.807, 2.05) is 29.2 Å². The van der Waals surface area contributed by atoms with Gasteiger partial charge in [-0.15, -0.1) is 0 Å². The number of carbonyl (C=O) groups is 3. The lowest BCUT2D eigenvalue weighted by Crippen LogP contribution is -2.59. The number of carbonyl (C=O) groups excluding carboxylic acids is 3. The van der Waals surface area contributed by atoms with Gasteiger partial charge in [-0.3, -0.25) is 24.6 Å². The van der Waals surface area contributed by atoms with Crippen LogP contribution in [0.25, 0.3) is 0 Å². The van der Waals surface area contributed by atoms with Crippen molar-refractivity contribution in [3.63, 3.8) is 0 Å². The summed E-state index contributed by atoms with van der Waals surface area (Å²) in [5, 5.41) is 9.86. The molecule has 1 atom stereocenters. The Bertz CT molecular complexity index is 2500. The van der Waals surface area contributed by atoms with Gasteiger partial charge in [-0.05, 0) is 90.4 Å². The summed E-state index contributed by atoms with van der Waals surface area (Å²) < 4.78 is 50.7. The molecule has 9 rings (SSSR count). The molecule has 5 saturated heterocycles. The van der Waals surface area contributed by atoms with Crippen molar-refractivity contribution in [2.24, 2.45) is 5.92 Å². The van der Waals surface area contributed by atoms with Crippen molar-refractivity contribution in [1.82, 2.24) is 25.1 Å². The van der Waals surface area contributed by atoms with E-state index in [1.54, 1.807) is 18.2 Å². The number of ether oxygens (including phenoxy) is 1. The third kappa shape index (κ3) is 9.33. The van der Waals surface area contributed by atoms with Gasteiger partial charge in [0.1, 0.15) is 30.3 Å². The molecule has 0 spiro atoms. The number of methoxy groups -OCH3 is 1. The minimum absolute atomic E-state index is 0.0294. The van der Waals surface area contributed by atoms with Crippen molar-refractivity contribution in [2.45, 2.75) is 63.8 Å². The van der Waals surface area contributed by atoms with Crippen LogP contribution < -0.4 is 35.8 Å². The van der Waals surface area contributed by atoms with Gasteiger partial charge in [0.2, 0.25) is 23.7 Å². The fourth-order valence-electron chi connectivity index (χ4n) is 10.2. The highest BCUT2D eigenvalue weighted by atomic mass is 79.9. The molecule has 0 bridgehead atoms. The predicted molar refractivity (Wildman–Crippen MR) is 252 cm³/mol. The normalized spacial score (nSPS) is 20.7. The summed E-state index contributed by atoms with van der Waals surface area (Å²) in [4.78, 5) is 55.3. The number of nitrogens with one attached hydrogen (secondary N) is 3. The molecule has 5 aliphatic heterocycles. The summed E-state index contributed by atoms with van der Waals surface area (Å²) in [7, 11) is -0.787. The molecule has 3 aromatic carbocycles. The average Bonchev–Trinajstić information content (AvgIpc) is 3.74. The van der Waals surface area contributed by atoms with Crippen molar-refractivity contribution in [3.05, 3.63) is 82.0 Å².